The fraction of sp³-hybridized carbons (Fsp3) is 0.167. The number of sulfonamides is 1. The lowest BCUT2D eigenvalue weighted by atomic mass is 10.0. The molecule has 0 aliphatic carbocycles. The maximum Gasteiger partial charge on any atom is 0.264 e. The quantitative estimate of drug-likeness (QED) is 0.394. The first-order chi connectivity index (χ1) is 16.9. The third kappa shape index (κ3) is 6.34. The summed E-state index contributed by atoms with van der Waals surface area (Å²) in [4.78, 5) is 12.3. The molecule has 12 heteroatoms. The molecular formula is C24H19ClF3N3O4S. The van der Waals surface area contributed by atoms with Crippen LogP contribution in [-0.2, 0) is 27.7 Å². The van der Waals surface area contributed by atoms with Gasteiger partial charge < -0.3 is 10.1 Å². The molecule has 0 unspecified atom stereocenters. The lowest BCUT2D eigenvalue weighted by Crippen LogP contribution is -2.17. The average molecular weight is 538 g/mol. The summed E-state index contributed by atoms with van der Waals surface area (Å²) in [5.74, 6) is -1.95. The molecule has 3 aromatic carbocycles. The van der Waals surface area contributed by atoms with Crippen LogP contribution >= 0.6 is 11.6 Å². The SMILES string of the molecule is CCc1ccc(CC(=O)Nc2ccc(S(N)(=O)=O)cc2Cl)c(F)c1Oc1cc(C#N)cc(C(F)F)c1. The monoisotopic (exact) mass is 537 g/mol. The largest absolute Gasteiger partial charge is 0.454 e. The number of benzene rings is 3. The van der Waals surface area contributed by atoms with Gasteiger partial charge in [0.05, 0.1) is 33.7 Å². The van der Waals surface area contributed by atoms with Crippen LogP contribution in [0.5, 0.6) is 11.5 Å². The molecule has 188 valence electrons. The van der Waals surface area contributed by atoms with Crippen molar-refractivity contribution in [3.63, 3.8) is 0 Å². The summed E-state index contributed by atoms with van der Waals surface area (Å²) in [6.45, 7) is 1.73. The summed E-state index contributed by atoms with van der Waals surface area (Å²) in [6.07, 6.45) is -2.97. The normalized spacial score (nSPS) is 11.3. The smallest absolute Gasteiger partial charge is 0.264 e. The van der Waals surface area contributed by atoms with Crippen molar-refractivity contribution in [1.29, 1.82) is 5.26 Å². The number of halogens is 4. The Labute approximate surface area is 210 Å². The highest BCUT2D eigenvalue weighted by molar-refractivity contribution is 7.89. The van der Waals surface area contributed by atoms with Crippen LogP contribution in [0.1, 0.15) is 35.6 Å². The van der Waals surface area contributed by atoms with E-state index in [1.54, 1.807) is 13.0 Å². The topological polar surface area (TPSA) is 122 Å². The zero-order chi connectivity index (χ0) is 26.6. The van der Waals surface area contributed by atoms with Gasteiger partial charge in [-0.3, -0.25) is 4.79 Å². The number of ether oxygens (including phenoxy) is 1. The van der Waals surface area contributed by atoms with E-state index in [2.05, 4.69) is 5.32 Å². The van der Waals surface area contributed by atoms with E-state index in [1.807, 2.05) is 0 Å². The molecule has 3 aromatic rings. The van der Waals surface area contributed by atoms with Crippen molar-refractivity contribution < 1.29 is 31.1 Å². The van der Waals surface area contributed by atoms with E-state index in [0.717, 1.165) is 24.3 Å². The Morgan fingerprint density at radius 3 is 2.44 bits per heavy atom. The molecule has 0 saturated carbocycles. The molecule has 0 heterocycles. The van der Waals surface area contributed by atoms with Gasteiger partial charge in [-0.05, 0) is 48.4 Å². The van der Waals surface area contributed by atoms with Gasteiger partial charge in [-0.1, -0.05) is 30.7 Å². The molecule has 0 saturated heterocycles. The number of aryl methyl sites for hydroxylation is 1. The number of rotatable bonds is 8. The molecule has 0 aliphatic rings. The number of primary sulfonamides is 1. The van der Waals surface area contributed by atoms with Gasteiger partial charge in [-0.25, -0.2) is 26.7 Å². The molecule has 3 N–H and O–H groups in total. The van der Waals surface area contributed by atoms with E-state index in [0.29, 0.717) is 12.0 Å². The van der Waals surface area contributed by atoms with Crippen LogP contribution in [0.2, 0.25) is 5.02 Å². The number of anilines is 1. The Bertz CT molecular complexity index is 1470. The fourth-order valence-corrected chi connectivity index (χ4v) is 4.13. The van der Waals surface area contributed by atoms with Crippen molar-refractivity contribution in [2.24, 2.45) is 5.14 Å². The van der Waals surface area contributed by atoms with Gasteiger partial charge in [0.1, 0.15) is 5.75 Å². The Morgan fingerprint density at radius 1 is 1.17 bits per heavy atom. The van der Waals surface area contributed by atoms with E-state index in [9.17, 15) is 22.0 Å². The van der Waals surface area contributed by atoms with Gasteiger partial charge in [0.25, 0.3) is 6.43 Å². The Hall–Kier alpha value is -3.59. The Kier molecular flexibility index (Phi) is 8.24. The van der Waals surface area contributed by atoms with Crippen LogP contribution in [0, 0.1) is 17.1 Å². The Morgan fingerprint density at radius 2 is 1.86 bits per heavy atom. The van der Waals surface area contributed by atoms with Crippen LogP contribution in [0.4, 0.5) is 18.9 Å². The fourth-order valence-electron chi connectivity index (χ4n) is 3.29. The number of nitrogens with two attached hydrogens (primary N) is 1. The predicted octanol–water partition coefficient (Wildman–Crippen LogP) is 5.47. The van der Waals surface area contributed by atoms with Gasteiger partial charge in [0.15, 0.2) is 11.6 Å². The maximum atomic E-state index is 15.4. The third-order valence-corrected chi connectivity index (χ3v) is 6.29. The van der Waals surface area contributed by atoms with Crippen molar-refractivity contribution in [2.45, 2.75) is 31.1 Å². The minimum atomic E-state index is -3.99. The second-order valence-corrected chi connectivity index (χ2v) is 9.57. The molecule has 0 aromatic heterocycles. The van der Waals surface area contributed by atoms with E-state index >= 15 is 4.39 Å². The van der Waals surface area contributed by atoms with Crippen LogP contribution in [0.15, 0.2) is 53.4 Å². The lowest BCUT2D eigenvalue weighted by Gasteiger charge is -2.15. The number of carbonyl (C=O) groups excluding carboxylic acids is 1. The highest BCUT2D eigenvalue weighted by atomic mass is 35.5. The van der Waals surface area contributed by atoms with Crippen molar-refractivity contribution in [3.05, 3.63) is 81.6 Å². The molecule has 0 spiro atoms. The molecule has 7 nitrogen and oxygen atoms in total. The third-order valence-electron chi connectivity index (χ3n) is 5.06. The van der Waals surface area contributed by atoms with Crippen LogP contribution < -0.4 is 15.2 Å². The molecule has 0 radical (unpaired) electrons. The molecule has 0 bridgehead atoms. The second-order valence-electron chi connectivity index (χ2n) is 7.60. The van der Waals surface area contributed by atoms with Crippen molar-refractivity contribution in [3.8, 4) is 17.6 Å². The van der Waals surface area contributed by atoms with E-state index < -0.39 is 40.2 Å². The number of amides is 1. The minimum Gasteiger partial charge on any atom is -0.454 e. The number of nitrogens with one attached hydrogen (secondary N) is 1. The predicted molar refractivity (Wildman–Crippen MR) is 127 cm³/mol. The summed E-state index contributed by atoms with van der Waals surface area (Å²) in [5.41, 5.74) is -0.0868. The van der Waals surface area contributed by atoms with E-state index in [4.69, 9.17) is 26.7 Å². The van der Waals surface area contributed by atoms with Crippen molar-refractivity contribution >= 4 is 33.2 Å². The van der Waals surface area contributed by atoms with Gasteiger partial charge >= 0.3 is 0 Å². The first kappa shape index (κ1) is 27.0. The summed E-state index contributed by atoms with van der Waals surface area (Å²) in [5, 5.41) is 16.5. The number of hydrogen-bond acceptors (Lipinski definition) is 5. The lowest BCUT2D eigenvalue weighted by molar-refractivity contribution is -0.115. The molecule has 3 rings (SSSR count). The van der Waals surface area contributed by atoms with E-state index in [1.165, 1.54) is 24.3 Å². The maximum absolute atomic E-state index is 15.4. The summed E-state index contributed by atoms with van der Waals surface area (Å²) in [6, 6.07) is 11.4. The average Bonchev–Trinajstić information content (AvgIpc) is 2.82. The minimum absolute atomic E-state index is 0.0532. The number of carbonyl (C=O) groups is 1. The van der Waals surface area contributed by atoms with Crippen LogP contribution in [0.3, 0.4) is 0 Å². The van der Waals surface area contributed by atoms with Crippen LogP contribution in [0.25, 0.3) is 0 Å². The highest BCUT2D eigenvalue weighted by Crippen LogP contribution is 2.34. The molecular weight excluding hydrogens is 519 g/mol. The summed E-state index contributed by atoms with van der Waals surface area (Å²) >= 11 is 6.02. The number of hydrogen-bond donors (Lipinski definition) is 2. The summed E-state index contributed by atoms with van der Waals surface area (Å²) < 4.78 is 70.2. The first-order valence-corrected chi connectivity index (χ1v) is 12.3. The van der Waals surface area contributed by atoms with Gasteiger partial charge in [-0.2, -0.15) is 5.26 Å². The van der Waals surface area contributed by atoms with Crippen molar-refractivity contribution in [1.82, 2.24) is 0 Å². The van der Waals surface area contributed by atoms with Gasteiger partial charge in [0.2, 0.25) is 15.9 Å². The van der Waals surface area contributed by atoms with Crippen molar-refractivity contribution in [2.75, 3.05) is 5.32 Å². The summed E-state index contributed by atoms with van der Waals surface area (Å²) in [7, 11) is -3.99. The highest BCUT2D eigenvalue weighted by Gasteiger charge is 2.20. The zero-order valence-corrected chi connectivity index (χ0v) is 20.3. The zero-order valence-electron chi connectivity index (χ0n) is 18.7. The number of nitriles is 1. The molecule has 0 aliphatic heterocycles. The second kappa shape index (κ2) is 11.0. The standard InChI is InChI=1S/C24H19ClF3N3O4S/c1-2-14-3-4-15(10-21(32)31-20-6-5-18(11-19(20)25)36(30,33)34)22(26)23(14)35-17-8-13(12-29)7-16(9-17)24(27)28/h3-9,11,24H,2,10H2,1H3,(H,31,32)(H2,30,33,34). The Balaban J connectivity index is 1.88. The number of alkyl halides is 2. The molecule has 0 atom stereocenters. The van der Waals surface area contributed by atoms with Gasteiger partial charge in [0, 0.05) is 11.1 Å². The molecule has 36 heavy (non-hydrogen) atoms. The van der Waals surface area contributed by atoms with Crippen LogP contribution in [-0.4, -0.2) is 14.3 Å². The van der Waals surface area contributed by atoms with Gasteiger partial charge in [-0.15, -0.1) is 0 Å². The number of nitrogens with zero attached hydrogens (tertiary/aromatic N) is 1. The molecule has 1 amide bonds. The molecule has 0 fully saturated rings. The van der Waals surface area contributed by atoms with E-state index in [-0.39, 0.29) is 38.2 Å². The first-order valence-electron chi connectivity index (χ1n) is 10.4.